The van der Waals surface area contributed by atoms with Crippen LogP contribution in [0, 0.1) is 6.92 Å². The molecule has 0 bridgehead atoms. The van der Waals surface area contributed by atoms with Gasteiger partial charge in [0.25, 0.3) is 0 Å². The van der Waals surface area contributed by atoms with Crippen molar-refractivity contribution in [1.29, 1.82) is 0 Å². The highest BCUT2D eigenvalue weighted by Crippen LogP contribution is 2.30. The van der Waals surface area contributed by atoms with Crippen molar-refractivity contribution >= 4 is 0 Å². The summed E-state index contributed by atoms with van der Waals surface area (Å²) in [6.45, 7) is 6.03. The average Bonchev–Trinajstić information content (AvgIpc) is 2.53. The molecule has 0 aliphatic heterocycles. The Balaban J connectivity index is 2.01. The van der Waals surface area contributed by atoms with Crippen LogP contribution < -0.4 is 9.47 Å². The van der Waals surface area contributed by atoms with Crippen molar-refractivity contribution in [2.45, 2.75) is 45.8 Å². The third-order valence-electron chi connectivity index (χ3n) is 3.76. The highest BCUT2D eigenvalue weighted by molar-refractivity contribution is 5.43. The van der Waals surface area contributed by atoms with Gasteiger partial charge in [-0.1, -0.05) is 35.9 Å². The fourth-order valence-corrected chi connectivity index (χ4v) is 2.48. The Hall–Kier alpha value is -2.00. The molecule has 0 radical (unpaired) electrons. The summed E-state index contributed by atoms with van der Waals surface area (Å²) in [6.07, 6.45) is 1.12. The summed E-state index contributed by atoms with van der Waals surface area (Å²) in [5.74, 6) is 1.49. The smallest absolute Gasteiger partial charge is 0.161 e. The molecule has 1 N–H and O–H groups in total. The van der Waals surface area contributed by atoms with Crippen molar-refractivity contribution in [3.8, 4) is 11.5 Å². The molecule has 1 atom stereocenters. The lowest BCUT2D eigenvalue weighted by Gasteiger charge is -2.15. The summed E-state index contributed by atoms with van der Waals surface area (Å²) in [5.41, 5.74) is 3.29. The first kappa shape index (κ1) is 17.4. The summed E-state index contributed by atoms with van der Waals surface area (Å²) in [4.78, 5) is 0. The standard InChI is InChI=1S/C20H26O3/c1-14(2)23-19-12-8-16(13-20(19)22-4)7-11-18(21)17-9-5-15(3)6-10-17/h5-6,8-10,12-14,18,21H,7,11H2,1-4H3. The van der Waals surface area contributed by atoms with Crippen LogP contribution in [0.25, 0.3) is 0 Å². The Labute approximate surface area is 138 Å². The predicted molar refractivity (Wildman–Crippen MR) is 93.2 cm³/mol. The molecule has 0 fully saturated rings. The van der Waals surface area contributed by atoms with Crippen molar-refractivity contribution < 1.29 is 14.6 Å². The molecular formula is C20H26O3. The molecule has 0 heterocycles. The van der Waals surface area contributed by atoms with Crippen LogP contribution in [0.1, 0.15) is 43.1 Å². The van der Waals surface area contributed by atoms with Crippen LogP contribution in [0.3, 0.4) is 0 Å². The summed E-state index contributed by atoms with van der Waals surface area (Å²) >= 11 is 0. The van der Waals surface area contributed by atoms with Crippen LogP contribution in [0.4, 0.5) is 0 Å². The zero-order valence-electron chi connectivity index (χ0n) is 14.4. The SMILES string of the molecule is COc1cc(CCC(O)c2ccc(C)cc2)ccc1OC(C)C. The maximum Gasteiger partial charge on any atom is 0.161 e. The summed E-state index contributed by atoms with van der Waals surface area (Å²) < 4.78 is 11.1. The first-order chi connectivity index (χ1) is 11.0. The van der Waals surface area contributed by atoms with E-state index in [2.05, 4.69) is 0 Å². The molecular weight excluding hydrogens is 288 g/mol. The van der Waals surface area contributed by atoms with Gasteiger partial charge in [-0.2, -0.15) is 0 Å². The zero-order chi connectivity index (χ0) is 16.8. The van der Waals surface area contributed by atoms with E-state index in [4.69, 9.17) is 9.47 Å². The van der Waals surface area contributed by atoms with E-state index >= 15 is 0 Å². The number of rotatable bonds is 7. The fraction of sp³-hybridized carbons (Fsp3) is 0.400. The highest BCUT2D eigenvalue weighted by atomic mass is 16.5. The number of hydrogen-bond acceptors (Lipinski definition) is 3. The maximum absolute atomic E-state index is 10.3. The maximum atomic E-state index is 10.3. The first-order valence-corrected chi connectivity index (χ1v) is 8.07. The summed E-state index contributed by atoms with van der Waals surface area (Å²) in [5, 5.41) is 10.3. The van der Waals surface area contributed by atoms with Gasteiger partial charge >= 0.3 is 0 Å². The van der Waals surface area contributed by atoms with Crippen molar-refractivity contribution in [3.63, 3.8) is 0 Å². The van der Waals surface area contributed by atoms with E-state index in [0.29, 0.717) is 6.42 Å². The minimum atomic E-state index is -0.451. The molecule has 0 aliphatic rings. The van der Waals surface area contributed by atoms with E-state index in [9.17, 15) is 5.11 Å². The molecule has 2 aromatic carbocycles. The number of aryl methyl sites for hydroxylation is 2. The molecule has 0 aromatic heterocycles. The largest absolute Gasteiger partial charge is 0.493 e. The van der Waals surface area contributed by atoms with E-state index in [1.807, 2.05) is 63.2 Å². The van der Waals surface area contributed by atoms with Crippen LogP contribution >= 0.6 is 0 Å². The monoisotopic (exact) mass is 314 g/mol. The number of hydrogen-bond donors (Lipinski definition) is 1. The second-order valence-electron chi connectivity index (χ2n) is 6.12. The molecule has 0 spiro atoms. The second kappa shape index (κ2) is 8.02. The van der Waals surface area contributed by atoms with Gasteiger partial charge in [0.15, 0.2) is 11.5 Å². The van der Waals surface area contributed by atoms with E-state index in [1.165, 1.54) is 5.56 Å². The Morgan fingerprint density at radius 2 is 1.70 bits per heavy atom. The lowest BCUT2D eigenvalue weighted by atomic mass is 10.0. The van der Waals surface area contributed by atoms with Gasteiger partial charge in [0.2, 0.25) is 0 Å². The highest BCUT2D eigenvalue weighted by Gasteiger charge is 2.10. The molecule has 0 aliphatic carbocycles. The number of ether oxygens (including phenoxy) is 2. The molecule has 2 aromatic rings. The molecule has 1 unspecified atom stereocenters. The Kier molecular flexibility index (Phi) is 6.05. The van der Waals surface area contributed by atoms with Gasteiger partial charge < -0.3 is 14.6 Å². The van der Waals surface area contributed by atoms with Crippen molar-refractivity contribution in [2.75, 3.05) is 7.11 Å². The van der Waals surface area contributed by atoms with E-state index in [0.717, 1.165) is 29.0 Å². The third-order valence-corrected chi connectivity index (χ3v) is 3.76. The Morgan fingerprint density at radius 1 is 1.00 bits per heavy atom. The van der Waals surface area contributed by atoms with Gasteiger partial charge in [0.1, 0.15) is 0 Å². The molecule has 3 nitrogen and oxygen atoms in total. The van der Waals surface area contributed by atoms with Gasteiger partial charge in [0.05, 0.1) is 19.3 Å². The van der Waals surface area contributed by atoms with Crippen LogP contribution in [0.5, 0.6) is 11.5 Å². The predicted octanol–water partition coefficient (Wildman–Crippen LogP) is 4.46. The minimum Gasteiger partial charge on any atom is -0.493 e. The van der Waals surface area contributed by atoms with Crippen LogP contribution in [0.2, 0.25) is 0 Å². The number of benzene rings is 2. The third kappa shape index (κ3) is 5.00. The topological polar surface area (TPSA) is 38.7 Å². The Bertz CT molecular complexity index is 617. The van der Waals surface area contributed by atoms with Gasteiger partial charge in [-0.05, 0) is 56.9 Å². The number of methoxy groups -OCH3 is 1. The second-order valence-corrected chi connectivity index (χ2v) is 6.12. The number of aliphatic hydroxyl groups is 1. The number of aliphatic hydroxyl groups excluding tert-OH is 1. The van der Waals surface area contributed by atoms with Crippen LogP contribution in [0.15, 0.2) is 42.5 Å². The molecule has 3 heteroatoms. The van der Waals surface area contributed by atoms with Crippen LogP contribution in [-0.4, -0.2) is 18.3 Å². The van der Waals surface area contributed by atoms with Gasteiger partial charge in [-0.3, -0.25) is 0 Å². The normalized spacial score (nSPS) is 12.3. The van der Waals surface area contributed by atoms with Gasteiger partial charge in [0, 0.05) is 0 Å². The quantitative estimate of drug-likeness (QED) is 0.820. The van der Waals surface area contributed by atoms with Gasteiger partial charge in [-0.25, -0.2) is 0 Å². The zero-order valence-corrected chi connectivity index (χ0v) is 14.4. The lowest BCUT2D eigenvalue weighted by Crippen LogP contribution is -2.07. The molecule has 0 amide bonds. The Morgan fingerprint density at radius 3 is 2.30 bits per heavy atom. The average molecular weight is 314 g/mol. The van der Waals surface area contributed by atoms with Crippen molar-refractivity contribution in [3.05, 3.63) is 59.2 Å². The molecule has 23 heavy (non-hydrogen) atoms. The minimum absolute atomic E-state index is 0.109. The molecule has 2 rings (SSSR count). The molecule has 0 saturated carbocycles. The van der Waals surface area contributed by atoms with Crippen molar-refractivity contribution in [1.82, 2.24) is 0 Å². The summed E-state index contributed by atoms with van der Waals surface area (Å²) in [6, 6.07) is 14.0. The van der Waals surface area contributed by atoms with Crippen molar-refractivity contribution in [2.24, 2.45) is 0 Å². The molecule has 124 valence electrons. The first-order valence-electron chi connectivity index (χ1n) is 8.07. The van der Waals surface area contributed by atoms with Gasteiger partial charge in [-0.15, -0.1) is 0 Å². The van der Waals surface area contributed by atoms with Crippen LogP contribution in [-0.2, 0) is 6.42 Å². The van der Waals surface area contributed by atoms with E-state index in [-0.39, 0.29) is 6.10 Å². The summed E-state index contributed by atoms with van der Waals surface area (Å²) in [7, 11) is 1.65. The fourth-order valence-electron chi connectivity index (χ4n) is 2.48. The van der Waals surface area contributed by atoms with E-state index < -0.39 is 6.10 Å². The van der Waals surface area contributed by atoms with E-state index in [1.54, 1.807) is 7.11 Å². The lowest BCUT2D eigenvalue weighted by molar-refractivity contribution is 0.168. The molecule has 0 saturated heterocycles.